The van der Waals surface area contributed by atoms with Gasteiger partial charge in [0.2, 0.25) is 0 Å². The molecule has 0 aliphatic carbocycles. The number of aryl methyl sites for hydroxylation is 2. The first kappa shape index (κ1) is 14.5. The number of benzene rings is 1. The number of carbonyl (C=O) groups is 1. The van der Waals surface area contributed by atoms with Gasteiger partial charge >= 0.3 is 0 Å². The Morgan fingerprint density at radius 3 is 2.60 bits per heavy atom. The van der Waals surface area contributed by atoms with Crippen LogP contribution in [0.1, 0.15) is 21.6 Å². The van der Waals surface area contributed by atoms with Gasteiger partial charge in [0.05, 0.1) is 11.3 Å². The molecule has 1 amide bonds. The van der Waals surface area contributed by atoms with Gasteiger partial charge < -0.3 is 10.6 Å². The number of anilines is 2. The van der Waals surface area contributed by atoms with E-state index in [2.05, 4.69) is 31.5 Å². The summed E-state index contributed by atoms with van der Waals surface area (Å²) in [5.41, 5.74) is 3.95. The fourth-order valence-electron chi connectivity index (χ4n) is 1.90. The van der Waals surface area contributed by atoms with E-state index in [-0.39, 0.29) is 5.91 Å². The maximum absolute atomic E-state index is 12.3. The molecular weight excluding hydrogens is 318 g/mol. The fraction of sp³-hybridized carbons (Fsp3) is 0.200. The van der Waals surface area contributed by atoms with Crippen LogP contribution in [0.5, 0.6) is 0 Å². The van der Waals surface area contributed by atoms with Crippen molar-refractivity contribution in [1.82, 2.24) is 4.98 Å². The van der Waals surface area contributed by atoms with E-state index in [4.69, 9.17) is 0 Å². The van der Waals surface area contributed by atoms with Gasteiger partial charge in [0.25, 0.3) is 5.91 Å². The van der Waals surface area contributed by atoms with E-state index >= 15 is 0 Å². The molecule has 2 N–H and O–H groups in total. The quantitative estimate of drug-likeness (QED) is 0.899. The van der Waals surface area contributed by atoms with E-state index in [1.165, 1.54) is 0 Å². The average molecular weight is 334 g/mol. The number of carbonyl (C=O) groups excluding carboxylic acids is 1. The number of halogens is 1. The summed E-state index contributed by atoms with van der Waals surface area (Å²) in [6, 6.07) is 7.58. The standard InChI is InChI=1S/C15H16BrN3O/c1-9-6-11(16)4-5-13(9)19-15(20)12-8-18-10(2)7-14(12)17-3/h4-8H,1-3H3,(H,17,18)(H,19,20). The molecule has 20 heavy (non-hydrogen) atoms. The molecule has 1 heterocycles. The number of pyridine rings is 1. The highest BCUT2D eigenvalue weighted by atomic mass is 79.9. The summed E-state index contributed by atoms with van der Waals surface area (Å²) >= 11 is 3.41. The second-order valence-electron chi connectivity index (χ2n) is 4.53. The second kappa shape index (κ2) is 6.05. The average Bonchev–Trinajstić information content (AvgIpc) is 2.41. The summed E-state index contributed by atoms with van der Waals surface area (Å²) < 4.78 is 0.987. The minimum absolute atomic E-state index is 0.174. The summed E-state index contributed by atoms with van der Waals surface area (Å²) in [5, 5.41) is 5.93. The van der Waals surface area contributed by atoms with E-state index in [9.17, 15) is 4.79 Å². The van der Waals surface area contributed by atoms with Crippen molar-refractivity contribution in [2.75, 3.05) is 17.7 Å². The van der Waals surface area contributed by atoms with Crippen molar-refractivity contribution in [2.45, 2.75) is 13.8 Å². The summed E-state index contributed by atoms with van der Waals surface area (Å²) in [4.78, 5) is 16.5. The van der Waals surface area contributed by atoms with Gasteiger partial charge in [-0.15, -0.1) is 0 Å². The van der Waals surface area contributed by atoms with E-state index < -0.39 is 0 Å². The molecule has 0 fully saturated rings. The van der Waals surface area contributed by atoms with Crippen molar-refractivity contribution in [2.24, 2.45) is 0 Å². The first-order chi connectivity index (χ1) is 9.51. The highest BCUT2D eigenvalue weighted by Gasteiger charge is 2.13. The Bertz CT molecular complexity index is 656. The number of nitrogens with one attached hydrogen (secondary N) is 2. The van der Waals surface area contributed by atoms with Crippen LogP contribution in [0.15, 0.2) is 34.9 Å². The normalized spacial score (nSPS) is 10.2. The van der Waals surface area contributed by atoms with E-state index in [0.717, 1.165) is 27.1 Å². The molecule has 4 nitrogen and oxygen atoms in total. The predicted molar refractivity (Wildman–Crippen MR) is 85.4 cm³/mol. The molecule has 1 aromatic carbocycles. The number of nitrogens with zero attached hydrogens (tertiary/aromatic N) is 1. The highest BCUT2D eigenvalue weighted by molar-refractivity contribution is 9.10. The van der Waals surface area contributed by atoms with Gasteiger partial charge in [0.15, 0.2) is 0 Å². The summed E-state index contributed by atoms with van der Waals surface area (Å²) in [5.74, 6) is -0.174. The Kier molecular flexibility index (Phi) is 4.39. The van der Waals surface area contributed by atoms with Gasteiger partial charge in [0.1, 0.15) is 0 Å². The smallest absolute Gasteiger partial charge is 0.259 e. The molecule has 0 unspecified atom stereocenters. The Hall–Kier alpha value is -1.88. The van der Waals surface area contributed by atoms with Gasteiger partial charge in [-0.3, -0.25) is 9.78 Å². The molecule has 0 saturated heterocycles. The zero-order valence-corrected chi connectivity index (χ0v) is 13.2. The van der Waals surface area contributed by atoms with Crippen LogP contribution >= 0.6 is 15.9 Å². The van der Waals surface area contributed by atoms with Crippen LogP contribution in [-0.2, 0) is 0 Å². The van der Waals surface area contributed by atoms with Crippen LogP contribution in [0.2, 0.25) is 0 Å². The number of hydrogen-bond donors (Lipinski definition) is 2. The van der Waals surface area contributed by atoms with Gasteiger partial charge in [-0.05, 0) is 43.7 Å². The third kappa shape index (κ3) is 3.17. The maximum Gasteiger partial charge on any atom is 0.259 e. The molecular formula is C15H16BrN3O. The second-order valence-corrected chi connectivity index (χ2v) is 5.45. The van der Waals surface area contributed by atoms with Crippen LogP contribution < -0.4 is 10.6 Å². The van der Waals surface area contributed by atoms with Crippen LogP contribution in [-0.4, -0.2) is 17.9 Å². The summed E-state index contributed by atoms with van der Waals surface area (Å²) in [7, 11) is 1.79. The lowest BCUT2D eigenvalue weighted by molar-refractivity contribution is 0.102. The monoisotopic (exact) mass is 333 g/mol. The molecule has 0 saturated carbocycles. The lowest BCUT2D eigenvalue weighted by Crippen LogP contribution is -2.15. The van der Waals surface area contributed by atoms with Gasteiger partial charge in [-0.1, -0.05) is 15.9 Å². The van der Waals surface area contributed by atoms with E-state index in [1.807, 2.05) is 38.1 Å². The van der Waals surface area contributed by atoms with E-state index in [0.29, 0.717) is 5.56 Å². The zero-order chi connectivity index (χ0) is 14.7. The van der Waals surface area contributed by atoms with Crippen molar-refractivity contribution in [3.63, 3.8) is 0 Å². The Labute approximate surface area is 126 Å². The largest absolute Gasteiger partial charge is 0.387 e. The molecule has 5 heteroatoms. The minimum atomic E-state index is -0.174. The Morgan fingerprint density at radius 2 is 1.95 bits per heavy atom. The third-order valence-electron chi connectivity index (χ3n) is 2.99. The SMILES string of the molecule is CNc1cc(C)ncc1C(=O)Nc1ccc(Br)cc1C. The predicted octanol–water partition coefficient (Wildman–Crippen LogP) is 3.75. The molecule has 2 aromatic rings. The highest BCUT2D eigenvalue weighted by Crippen LogP contribution is 2.22. The number of amides is 1. The third-order valence-corrected chi connectivity index (χ3v) is 3.48. The molecule has 2 rings (SSSR count). The van der Waals surface area contributed by atoms with Crippen LogP contribution in [0.4, 0.5) is 11.4 Å². The molecule has 0 bridgehead atoms. The van der Waals surface area contributed by atoms with Gasteiger partial charge in [-0.2, -0.15) is 0 Å². The lowest BCUT2D eigenvalue weighted by Gasteiger charge is -2.12. The number of aromatic nitrogens is 1. The first-order valence-electron chi connectivity index (χ1n) is 6.23. The van der Waals surface area contributed by atoms with E-state index in [1.54, 1.807) is 13.2 Å². The zero-order valence-electron chi connectivity index (χ0n) is 11.6. The Morgan fingerprint density at radius 1 is 1.20 bits per heavy atom. The van der Waals surface area contributed by atoms with Crippen molar-refractivity contribution in [3.8, 4) is 0 Å². The van der Waals surface area contributed by atoms with Crippen LogP contribution in [0, 0.1) is 13.8 Å². The number of rotatable bonds is 3. The molecule has 0 atom stereocenters. The number of hydrogen-bond acceptors (Lipinski definition) is 3. The molecule has 1 aromatic heterocycles. The summed E-state index contributed by atoms with van der Waals surface area (Å²) in [6.07, 6.45) is 1.59. The molecule has 104 valence electrons. The first-order valence-corrected chi connectivity index (χ1v) is 7.02. The lowest BCUT2D eigenvalue weighted by atomic mass is 10.1. The molecule has 0 aliphatic rings. The molecule has 0 spiro atoms. The van der Waals surface area contributed by atoms with Gasteiger partial charge in [-0.25, -0.2) is 0 Å². The minimum Gasteiger partial charge on any atom is -0.387 e. The van der Waals surface area contributed by atoms with Crippen LogP contribution in [0.25, 0.3) is 0 Å². The maximum atomic E-state index is 12.3. The summed E-state index contributed by atoms with van der Waals surface area (Å²) in [6.45, 7) is 3.84. The van der Waals surface area contributed by atoms with Crippen molar-refractivity contribution < 1.29 is 4.79 Å². The van der Waals surface area contributed by atoms with Crippen molar-refractivity contribution in [3.05, 3.63) is 51.8 Å². The van der Waals surface area contributed by atoms with Crippen LogP contribution in [0.3, 0.4) is 0 Å². The van der Waals surface area contributed by atoms with Crippen molar-refractivity contribution in [1.29, 1.82) is 0 Å². The topological polar surface area (TPSA) is 54.0 Å². The molecule has 0 radical (unpaired) electrons. The van der Waals surface area contributed by atoms with Crippen molar-refractivity contribution >= 4 is 33.2 Å². The fourth-order valence-corrected chi connectivity index (χ4v) is 2.38. The van der Waals surface area contributed by atoms with Gasteiger partial charge in [0, 0.05) is 29.1 Å². The molecule has 0 aliphatic heterocycles. The Balaban J connectivity index is 2.28.